The lowest BCUT2D eigenvalue weighted by molar-refractivity contribution is 0.327. The lowest BCUT2D eigenvalue weighted by atomic mass is 9.88. The van der Waals surface area contributed by atoms with Gasteiger partial charge in [0, 0.05) is 0 Å². The smallest absolute Gasteiger partial charge is 0.265 e. The molecule has 13 heavy (non-hydrogen) atoms. The quantitative estimate of drug-likeness (QED) is 0.665. The molecule has 0 heterocycles. The second-order valence-corrected chi connectivity index (χ2v) is 5.73. The van der Waals surface area contributed by atoms with Gasteiger partial charge in [-0.3, -0.25) is 4.55 Å². The molecule has 0 aromatic carbocycles. The second kappa shape index (κ2) is 3.55. The average Bonchev–Trinajstić information content (AvgIpc) is 2.29. The van der Waals surface area contributed by atoms with Gasteiger partial charge < -0.3 is 5.73 Å². The monoisotopic (exact) mass is 207 g/mol. The molecule has 0 bridgehead atoms. The van der Waals surface area contributed by atoms with E-state index in [-0.39, 0.29) is 11.2 Å². The van der Waals surface area contributed by atoms with E-state index in [9.17, 15) is 8.42 Å². The van der Waals surface area contributed by atoms with Crippen molar-refractivity contribution >= 4 is 10.1 Å². The topological polar surface area (TPSA) is 80.4 Å². The van der Waals surface area contributed by atoms with Gasteiger partial charge in [-0.15, -0.1) is 0 Å². The molecule has 0 aromatic rings. The maximum atomic E-state index is 10.8. The third-order valence-electron chi connectivity index (χ3n) is 2.87. The lowest BCUT2D eigenvalue weighted by Gasteiger charge is -2.25. The van der Waals surface area contributed by atoms with Crippen LogP contribution in [0.3, 0.4) is 0 Å². The van der Waals surface area contributed by atoms with E-state index >= 15 is 0 Å². The van der Waals surface area contributed by atoms with E-state index in [1.54, 1.807) is 0 Å². The van der Waals surface area contributed by atoms with Crippen LogP contribution in [0.5, 0.6) is 0 Å². The first-order valence-electron chi connectivity index (χ1n) is 4.52. The number of rotatable bonds is 3. The van der Waals surface area contributed by atoms with E-state index in [0.29, 0.717) is 12.5 Å². The van der Waals surface area contributed by atoms with Crippen molar-refractivity contribution < 1.29 is 13.0 Å². The summed E-state index contributed by atoms with van der Waals surface area (Å²) in [5, 5.41) is 0. The van der Waals surface area contributed by atoms with Crippen LogP contribution in [0.4, 0.5) is 0 Å². The molecular weight excluding hydrogens is 190 g/mol. The molecule has 0 spiro atoms. The molecule has 4 nitrogen and oxygen atoms in total. The van der Waals surface area contributed by atoms with E-state index in [1.165, 1.54) is 0 Å². The van der Waals surface area contributed by atoms with Crippen LogP contribution in [-0.4, -0.2) is 25.3 Å². The highest BCUT2D eigenvalue weighted by Gasteiger charge is 2.39. The number of nitrogens with two attached hydrogens (primary N) is 1. The summed E-state index contributed by atoms with van der Waals surface area (Å²) in [5.41, 5.74) is 5.19. The highest BCUT2D eigenvalue weighted by atomic mass is 32.2. The van der Waals surface area contributed by atoms with Crippen molar-refractivity contribution in [3.05, 3.63) is 0 Å². The summed E-state index contributed by atoms with van der Waals surface area (Å²) in [6, 6.07) is 0. The molecule has 5 heteroatoms. The molecule has 1 aliphatic carbocycles. The first kappa shape index (κ1) is 10.9. The summed E-state index contributed by atoms with van der Waals surface area (Å²) in [6.45, 7) is 2.43. The number of hydrogen-bond donors (Lipinski definition) is 2. The van der Waals surface area contributed by atoms with Gasteiger partial charge in [-0.25, -0.2) is 0 Å². The summed E-state index contributed by atoms with van der Waals surface area (Å²) in [4.78, 5) is 0. The minimum absolute atomic E-state index is 0.180. The zero-order valence-electron chi connectivity index (χ0n) is 7.86. The van der Waals surface area contributed by atoms with Crippen LogP contribution in [0, 0.1) is 11.3 Å². The van der Waals surface area contributed by atoms with Crippen molar-refractivity contribution in [2.45, 2.75) is 26.2 Å². The van der Waals surface area contributed by atoms with Crippen LogP contribution >= 0.6 is 0 Å². The molecule has 0 aliphatic heterocycles. The van der Waals surface area contributed by atoms with Gasteiger partial charge >= 0.3 is 0 Å². The maximum absolute atomic E-state index is 10.8. The Morgan fingerprint density at radius 3 is 2.54 bits per heavy atom. The van der Waals surface area contributed by atoms with Crippen molar-refractivity contribution in [2.24, 2.45) is 17.1 Å². The van der Waals surface area contributed by atoms with E-state index in [1.807, 2.05) is 0 Å². The minimum Gasteiger partial charge on any atom is -0.330 e. The van der Waals surface area contributed by atoms with Crippen molar-refractivity contribution in [3.8, 4) is 0 Å². The van der Waals surface area contributed by atoms with Crippen molar-refractivity contribution in [1.82, 2.24) is 0 Å². The van der Waals surface area contributed by atoms with E-state index in [4.69, 9.17) is 10.3 Å². The van der Waals surface area contributed by atoms with Crippen LogP contribution in [0.25, 0.3) is 0 Å². The molecule has 3 N–H and O–H groups in total. The highest BCUT2D eigenvalue weighted by Crippen LogP contribution is 2.41. The molecule has 0 saturated heterocycles. The Kier molecular flexibility index (Phi) is 2.99. The zero-order valence-corrected chi connectivity index (χ0v) is 8.68. The van der Waals surface area contributed by atoms with Gasteiger partial charge in [0.05, 0.1) is 5.75 Å². The van der Waals surface area contributed by atoms with Gasteiger partial charge in [0.1, 0.15) is 0 Å². The summed E-state index contributed by atoms with van der Waals surface area (Å²) in [7, 11) is -3.88. The van der Waals surface area contributed by atoms with Crippen LogP contribution in [0.2, 0.25) is 0 Å². The maximum Gasteiger partial charge on any atom is 0.265 e. The fraction of sp³-hybridized carbons (Fsp3) is 1.00. The van der Waals surface area contributed by atoms with Gasteiger partial charge in [-0.1, -0.05) is 13.3 Å². The lowest BCUT2D eigenvalue weighted by Crippen LogP contribution is -2.35. The van der Waals surface area contributed by atoms with Gasteiger partial charge in [-0.2, -0.15) is 8.42 Å². The Balaban J connectivity index is 2.72. The Bertz CT molecular complexity index is 275. The SMILES string of the molecule is C[C@H]1CC[C@@](CN)(CS(=O)(=O)O)C1. The molecule has 0 amide bonds. The van der Waals surface area contributed by atoms with Gasteiger partial charge in [0.2, 0.25) is 0 Å². The molecule has 1 aliphatic rings. The molecule has 1 saturated carbocycles. The average molecular weight is 207 g/mol. The predicted molar refractivity (Wildman–Crippen MR) is 50.9 cm³/mol. The standard InChI is InChI=1S/C8H17NO3S/c1-7-2-3-8(4-7,5-9)6-13(10,11)12/h7H,2-6,9H2,1H3,(H,10,11,12)/t7-,8+/m0/s1. The van der Waals surface area contributed by atoms with Crippen molar-refractivity contribution in [1.29, 1.82) is 0 Å². The largest absolute Gasteiger partial charge is 0.330 e. The Morgan fingerprint density at radius 1 is 1.62 bits per heavy atom. The number of hydrogen-bond acceptors (Lipinski definition) is 3. The first-order chi connectivity index (χ1) is 5.87. The Hall–Kier alpha value is -0.130. The van der Waals surface area contributed by atoms with E-state index in [0.717, 1.165) is 19.3 Å². The zero-order chi connectivity index (χ0) is 10.1. The molecular formula is C8H17NO3S. The summed E-state index contributed by atoms with van der Waals surface area (Å²) >= 11 is 0. The third kappa shape index (κ3) is 2.93. The molecule has 0 aromatic heterocycles. The summed E-state index contributed by atoms with van der Waals surface area (Å²) < 4.78 is 30.3. The van der Waals surface area contributed by atoms with Gasteiger partial charge in [0.25, 0.3) is 10.1 Å². The van der Waals surface area contributed by atoms with Crippen LogP contribution in [0.15, 0.2) is 0 Å². The Morgan fingerprint density at radius 2 is 2.23 bits per heavy atom. The molecule has 0 unspecified atom stereocenters. The predicted octanol–water partition coefficient (Wildman–Crippen LogP) is 0.639. The van der Waals surface area contributed by atoms with Gasteiger partial charge in [-0.05, 0) is 30.7 Å². The molecule has 0 radical (unpaired) electrons. The summed E-state index contributed by atoms with van der Waals surface area (Å²) in [6.07, 6.45) is 2.63. The third-order valence-corrected chi connectivity index (χ3v) is 3.85. The fourth-order valence-corrected chi connectivity index (χ4v) is 3.41. The fourth-order valence-electron chi connectivity index (χ4n) is 2.26. The van der Waals surface area contributed by atoms with Gasteiger partial charge in [0.15, 0.2) is 0 Å². The Labute approximate surface area is 79.3 Å². The van der Waals surface area contributed by atoms with Crippen LogP contribution < -0.4 is 5.73 Å². The van der Waals surface area contributed by atoms with E-state index in [2.05, 4.69) is 6.92 Å². The second-order valence-electron chi connectivity index (χ2n) is 4.28. The van der Waals surface area contributed by atoms with E-state index < -0.39 is 10.1 Å². The normalized spacial score (nSPS) is 35.2. The minimum atomic E-state index is -3.88. The molecule has 1 fully saturated rings. The summed E-state index contributed by atoms with van der Waals surface area (Å²) in [5.74, 6) is 0.339. The van der Waals surface area contributed by atoms with Crippen LogP contribution in [-0.2, 0) is 10.1 Å². The highest BCUT2D eigenvalue weighted by molar-refractivity contribution is 7.85. The first-order valence-corrected chi connectivity index (χ1v) is 6.13. The molecule has 2 atom stereocenters. The van der Waals surface area contributed by atoms with Crippen LogP contribution in [0.1, 0.15) is 26.2 Å². The molecule has 1 rings (SSSR count). The molecule has 78 valence electrons. The van der Waals surface area contributed by atoms with Crippen molar-refractivity contribution in [3.63, 3.8) is 0 Å². The van der Waals surface area contributed by atoms with Crippen molar-refractivity contribution in [2.75, 3.05) is 12.3 Å².